The van der Waals surface area contributed by atoms with Crippen molar-refractivity contribution in [3.63, 3.8) is 0 Å². The van der Waals surface area contributed by atoms with Crippen LogP contribution in [0.4, 0.5) is 5.69 Å². The molecule has 0 fully saturated rings. The molecule has 0 saturated carbocycles. The number of rotatable bonds is 5. The molecule has 20 heavy (non-hydrogen) atoms. The number of aromatic amines is 1. The number of nitrogens with one attached hydrogen (secondary N) is 2. The Labute approximate surface area is 116 Å². The lowest BCUT2D eigenvalue weighted by molar-refractivity contribution is 0.595. The summed E-state index contributed by atoms with van der Waals surface area (Å²) in [5.74, 6) is -0.305. The second-order valence-electron chi connectivity index (χ2n) is 4.03. The van der Waals surface area contributed by atoms with Gasteiger partial charge in [0.05, 0.1) is 11.9 Å². The Hall–Kier alpha value is -1.91. The van der Waals surface area contributed by atoms with Gasteiger partial charge >= 0.3 is 0 Å². The number of hydrogen-bond acceptors (Lipinski definition) is 5. The van der Waals surface area contributed by atoms with Crippen LogP contribution in [-0.4, -0.2) is 27.0 Å². The monoisotopic (exact) mass is 316 g/mol. The molecule has 2 aromatic rings. The summed E-state index contributed by atoms with van der Waals surface area (Å²) < 4.78 is 47.9. The number of benzene rings is 1. The van der Waals surface area contributed by atoms with E-state index in [0.29, 0.717) is 11.3 Å². The summed E-state index contributed by atoms with van der Waals surface area (Å²) >= 11 is 0. The Morgan fingerprint density at radius 2 is 1.75 bits per heavy atom. The maximum atomic E-state index is 11.9. The highest BCUT2D eigenvalue weighted by atomic mass is 32.2. The molecule has 0 amide bonds. The van der Waals surface area contributed by atoms with E-state index in [1.165, 1.54) is 36.5 Å². The number of nitrogens with two attached hydrogens (primary N) is 1. The van der Waals surface area contributed by atoms with Gasteiger partial charge in [0.1, 0.15) is 0 Å². The SMILES string of the molecule is NS(=O)(=O)Cc1ccc(NS(=O)(=O)c2ccn[nH]2)cc1. The average Bonchev–Trinajstić information content (AvgIpc) is 2.84. The van der Waals surface area contributed by atoms with E-state index in [4.69, 9.17) is 5.14 Å². The van der Waals surface area contributed by atoms with E-state index in [2.05, 4.69) is 14.9 Å². The molecule has 2 rings (SSSR count). The Balaban J connectivity index is 2.16. The minimum absolute atomic E-state index is 0.0638. The third-order valence-electron chi connectivity index (χ3n) is 2.34. The molecule has 0 radical (unpaired) electrons. The molecule has 1 heterocycles. The fraction of sp³-hybridized carbons (Fsp3) is 0.100. The number of primary sulfonamides is 1. The second kappa shape index (κ2) is 5.23. The molecule has 0 bridgehead atoms. The first-order chi connectivity index (χ1) is 9.26. The summed E-state index contributed by atoms with van der Waals surface area (Å²) in [6, 6.07) is 7.19. The van der Waals surface area contributed by atoms with Gasteiger partial charge in [0.15, 0.2) is 5.03 Å². The van der Waals surface area contributed by atoms with Crippen LogP contribution in [0.25, 0.3) is 0 Å². The number of aromatic nitrogens is 2. The zero-order valence-corrected chi connectivity index (χ0v) is 11.8. The van der Waals surface area contributed by atoms with Crippen molar-refractivity contribution < 1.29 is 16.8 Å². The first-order valence-electron chi connectivity index (χ1n) is 5.38. The van der Waals surface area contributed by atoms with Crippen molar-refractivity contribution in [3.8, 4) is 0 Å². The fourth-order valence-electron chi connectivity index (χ4n) is 1.50. The maximum absolute atomic E-state index is 11.9. The molecule has 0 aliphatic heterocycles. The van der Waals surface area contributed by atoms with Crippen LogP contribution in [0.3, 0.4) is 0 Å². The van der Waals surface area contributed by atoms with Crippen molar-refractivity contribution in [2.45, 2.75) is 10.8 Å². The van der Waals surface area contributed by atoms with Crippen molar-refractivity contribution in [2.75, 3.05) is 4.72 Å². The lowest BCUT2D eigenvalue weighted by atomic mass is 10.2. The van der Waals surface area contributed by atoms with Gasteiger partial charge in [-0.15, -0.1) is 0 Å². The van der Waals surface area contributed by atoms with Crippen LogP contribution >= 0.6 is 0 Å². The Morgan fingerprint density at radius 3 is 2.25 bits per heavy atom. The van der Waals surface area contributed by atoms with Gasteiger partial charge in [-0.05, 0) is 23.8 Å². The van der Waals surface area contributed by atoms with E-state index in [9.17, 15) is 16.8 Å². The van der Waals surface area contributed by atoms with Crippen LogP contribution in [0.5, 0.6) is 0 Å². The highest BCUT2D eigenvalue weighted by Crippen LogP contribution is 2.15. The summed E-state index contributed by atoms with van der Waals surface area (Å²) in [6.07, 6.45) is 1.32. The summed E-state index contributed by atoms with van der Waals surface area (Å²) in [7, 11) is -7.34. The molecule has 1 aromatic heterocycles. The summed E-state index contributed by atoms with van der Waals surface area (Å²) in [4.78, 5) is 0. The van der Waals surface area contributed by atoms with Gasteiger partial charge in [-0.3, -0.25) is 9.82 Å². The number of nitrogens with zero attached hydrogens (tertiary/aromatic N) is 1. The predicted octanol–water partition coefficient (Wildman–Crippen LogP) is -0.00100. The molecule has 1 aromatic carbocycles. The molecule has 0 atom stereocenters. The van der Waals surface area contributed by atoms with Crippen LogP contribution in [0, 0.1) is 0 Å². The molecular formula is C10H12N4O4S2. The van der Waals surface area contributed by atoms with E-state index in [1.54, 1.807) is 0 Å². The summed E-state index contributed by atoms with van der Waals surface area (Å²) in [5, 5.41) is 10.8. The molecule has 108 valence electrons. The molecule has 8 nitrogen and oxygen atoms in total. The first kappa shape index (κ1) is 14.5. The van der Waals surface area contributed by atoms with E-state index in [0.717, 1.165) is 0 Å². The van der Waals surface area contributed by atoms with Crippen molar-refractivity contribution in [1.29, 1.82) is 0 Å². The fourth-order valence-corrected chi connectivity index (χ4v) is 3.13. The van der Waals surface area contributed by atoms with Gasteiger partial charge in [0.2, 0.25) is 10.0 Å². The lowest BCUT2D eigenvalue weighted by Crippen LogP contribution is -2.15. The standard InChI is InChI=1S/C10H12N4O4S2/c11-19(15,16)7-8-1-3-9(4-2-8)14-20(17,18)10-5-6-12-13-10/h1-6,14H,7H2,(H,12,13)(H2,11,15,16). The Morgan fingerprint density at radius 1 is 1.10 bits per heavy atom. The van der Waals surface area contributed by atoms with E-state index < -0.39 is 20.0 Å². The molecule has 4 N–H and O–H groups in total. The van der Waals surface area contributed by atoms with Gasteiger partial charge in [-0.2, -0.15) is 13.5 Å². The van der Waals surface area contributed by atoms with E-state index in [1.807, 2.05) is 0 Å². The molecular weight excluding hydrogens is 304 g/mol. The second-order valence-corrected chi connectivity index (χ2v) is 7.30. The zero-order valence-electron chi connectivity index (χ0n) is 10.1. The van der Waals surface area contributed by atoms with Gasteiger partial charge in [-0.1, -0.05) is 12.1 Å². The van der Waals surface area contributed by atoms with Crippen molar-refractivity contribution in [2.24, 2.45) is 5.14 Å². The van der Waals surface area contributed by atoms with Crippen LogP contribution in [0.1, 0.15) is 5.56 Å². The normalized spacial score (nSPS) is 12.2. The number of hydrogen-bond donors (Lipinski definition) is 3. The van der Waals surface area contributed by atoms with Gasteiger partial charge in [0, 0.05) is 5.69 Å². The zero-order chi connectivity index (χ0) is 14.8. The van der Waals surface area contributed by atoms with Crippen molar-refractivity contribution in [1.82, 2.24) is 10.2 Å². The molecule has 10 heteroatoms. The van der Waals surface area contributed by atoms with Crippen LogP contribution in [0.15, 0.2) is 41.6 Å². The Bertz CT molecular complexity index is 780. The van der Waals surface area contributed by atoms with Gasteiger partial charge < -0.3 is 0 Å². The van der Waals surface area contributed by atoms with Gasteiger partial charge in [-0.25, -0.2) is 13.6 Å². The first-order valence-corrected chi connectivity index (χ1v) is 8.58. The highest BCUT2D eigenvalue weighted by Gasteiger charge is 2.15. The van der Waals surface area contributed by atoms with Crippen LogP contribution < -0.4 is 9.86 Å². The summed E-state index contributed by atoms with van der Waals surface area (Å²) in [5.41, 5.74) is 0.773. The molecule has 0 unspecified atom stereocenters. The number of anilines is 1. The third kappa shape index (κ3) is 3.79. The smallest absolute Gasteiger partial charge is 0.278 e. The lowest BCUT2D eigenvalue weighted by Gasteiger charge is -2.07. The topological polar surface area (TPSA) is 135 Å². The van der Waals surface area contributed by atoms with E-state index in [-0.39, 0.29) is 10.8 Å². The highest BCUT2D eigenvalue weighted by molar-refractivity contribution is 7.92. The van der Waals surface area contributed by atoms with Crippen molar-refractivity contribution >= 4 is 25.7 Å². The Kier molecular flexibility index (Phi) is 3.79. The summed E-state index contributed by atoms with van der Waals surface area (Å²) in [6.45, 7) is 0. The molecule has 0 spiro atoms. The molecule has 0 aliphatic rings. The van der Waals surface area contributed by atoms with Crippen LogP contribution in [-0.2, 0) is 25.8 Å². The third-order valence-corrected chi connectivity index (χ3v) is 4.39. The minimum Gasteiger partial charge on any atom is -0.278 e. The maximum Gasteiger partial charge on any atom is 0.278 e. The minimum atomic E-state index is -3.73. The molecule has 0 aliphatic carbocycles. The number of sulfonamides is 2. The van der Waals surface area contributed by atoms with Crippen molar-refractivity contribution in [3.05, 3.63) is 42.1 Å². The largest absolute Gasteiger partial charge is 0.278 e. The number of H-pyrrole nitrogens is 1. The predicted molar refractivity (Wildman–Crippen MR) is 72.6 cm³/mol. The van der Waals surface area contributed by atoms with Crippen LogP contribution in [0.2, 0.25) is 0 Å². The molecule has 0 saturated heterocycles. The average molecular weight is 316 g/mol. The quantitative estimate of drug-likeness (QED) is 0.713. The van der Waals surface area contributed by atoms with Gasteiger partial charge in [0.25, 0.3) is 10.0 Å². The van der Waals surface area contributed by atoms with E-state index >= 15 is 0 Å².